The average Bonchev–Trinajstić information content (AvgIpc) is 3.01. The van der Waals surface area contributed by atoms with E-state index < -0.39 is 12.0 Å². The highest BCUT2D eigenvalue weighted by molar-refractivity contribution is 5.74. The van der Waals surface area contributed by atoms with Crippen LogP contribution in [0.1, 0.15) is 23.0 Å². The second kappa shape index (κ2) is 5.69. The molecule has 0 amide bonds. The van der Waals surface area contributed by atoms with Crippen molar-refractivity contribution in [1.82, 2.24) is 15.3 Å². The molecular formula is C15H17N3O4. The van der Waals surface area contributed by atoms with Crippen LogP contribution in [0.5, 0.6) is 11.5 Å². The number of methoxy groups -OCH3 is 2. The minimum absolute atomic E-state index is 0.369. The SMILES string of the molecule is COc1ccc(OC)c(C2NC(C(=O)O)Cc3[nH]cnc32)c1. The molecule has 3 rings (SSSR count). The quantitative estimate of drug-likeness (QED) is 0.783. The number of carbonyl (C=O) groups is 1. The Balaban J connectivity index is 2.09. The Labute approximate surface area is 127 Å². The van der Waals surface area contributed by atoms with Crippen LogP contribution >= 0.6 is 0 Å². The molecule has 7 heteroatoms. The number of nitrogens with zero attached hydrogens (tertiary/aromatic N) is 1. The van der Waals surface area contributed by atoms with Crippen LogP contribution in [0.2, 0.25) is 0 Å². The molecule has 2 unspecified atom stereocenters. The molecule has 0 saturated heterocycles. The van der Waals surface area contributed by atoms with Gasteiger partial charge in [0.15, 0.2) is 0 Å². The Kier molecular flexibility index (Phi) is 3.72. The molecule has 2 atom stereocenters. The van der Waals surface area contributed by atoms with Gasteiger partial charge in [0.2, 0.25) is 0 Å². The molecule has 1 aromatic heterocycles. The number of aromatic amines is 1. The summed E-state index contributed by atoms with van der Waals surface area (Å²) in [5.74, 6) is 0.428. The van der Waals surface area contributed by atoms with Gasteiger partial charge in [0.1, 0.15) is 17.5 Å². The molecule has 0 saturated carbocycles. The maximum absolute atomic E-state index is 11.4. The van der Waals surface area contributed by atoms with Crippen molar-refractivity contribution in [3.8, 4) is 11.5 Å². The first-order valence-corrected chi connectivity index (χ1v) is 6.87. The van der Waals surface area contributed by atoms with Gasteiger partial charge in [0.25, 0.3) is 0 Å². The maximum Gasteiger partial charge on any atom is 0.321 e. The van der Waals surface area contributed by atoms with Crippen molar-refractivity contribution >= 4 is 5.97 Å². The number of aliphatic carboxylic acids is 1. The molecular weight excluding hydrogens is 286 g/mol. The first-order valence-electron chi connectivity index (χ1n) is 6.87. The third-order valence-corrected chi connectivity index (χ3v) is 3.85. The van der Waals surface area contributed by atoms with Crippen LogP contribution in [-0.2, 0) is 11.2 Å². The predicted molar refractivity (Wildman–Crippen MR) is 78.2 cm³/mol. The maximum atomic E-state index is 11.4. The van der Waals surface area contributed by atoms with Crippen molar-refractivity contribution in [3.63, 3.8) is 0 Å². The molecule has 0 spiro atoms. The van der Waals surface area contributed by atoms with E-state index in [9.17, 15) is 9.90 Å². The van der Waals surface area contributed by atoms with Crippen molar-refractivity contribution in [2.24, 2.45) is 0 Å². The first-order chi connectivity index (χ1) is 10.6. The molecule has 0 radical (unpaired) electrons. The first kappa shape index (κ1) is 14.4. The highest BCUT2D eigenvalue weighted by Gasteiger charge is 2.34. The van der Waals surface area contributed by atoms with E-state index in [4.69, 9.17) is 9.47 Å². The number of ether oxygens (including phenoxy) is 2. The zero-order valence-corrected chi connectivity index (χ0v) is 12.3. The van der Waals surface area contributed by atoms with Gasteiger partial charge in [0, 0.05) is 17.7 Å². The van der Waals surface area contributed by atoms with Gasteiger partial charge in [-0.05, 0) is 18.2 Å². The van der Waals surface area contributed by atoms with E-state index in [2.05, 4.69) is 15.3 Å². The number of fused-ring (bicyclic) bond motifs is 1. The van der Waals surface area contributed by atoms with Crippen molar-refractivity contribution in [3.05, 3.63) is 41.5 Å². The minimum atomic E-state index is -0.896. The van der Waals surface area contributed by atoms with E-state index in [0.29, 0.717) is 17.9 Å². The smallest absolute Gasteiger partial charge is 0.321 e. The lowest BCUT2D eigenvalue weighted by Crippen LogP contribution is -2.45. The summed E-state index contributed by atoms with van der Waals surface area (Å²) >= 11 is 0. The number of hydrogen-bond acceptors (Lipinski definition) is 5. The second-order valence-electron chi connectivity index (χ2n) is 5.07. The van der Waals surface area contributed by atoms with Gasteiger partial charge in [-0.1, -0.05) is 0 Å². The third-order valence-electron chi connectivity index (χ3n) is 3.85. The van der Waals surface area contributed by atoms with Gasteiger partial charge >= 0.3 is 5.97 Å². The zero-order valence-electron chi connectivity index (χ0n) is 12.3. The summed E-state index contributed by atoms with van der Waals surface area (Å²) in [4.78, 5) is 18.7. The minimum Gasteiger partial charge on any atom is -0.497 e. The van der Waals surface area contributed by atoms with E-state index in [1.807, 2.05) is 6.07 Å². The van der Waals surface area contributed by atoms with Gasteiger partial charge in [-0.3, -0.25) is 10.1 Å². The number of rotatable bonds is 4. The largest absolute Gasteiger partial charge is 0.497 e. The Hall–Kier alpha value is -2.54. The highest BCUT2D eigenvalue weighted by atomic mass is 16.5. The summed E-state index contributed by atoms with van der Waals surface area (Å²) in [5.41, 5.74) is 2.39. The van der Waals surface area contributed by atoms with Crippen molar-refractivity contribution in [1.29, 1.82) is 0 Å². The molecule has 1 aliphatic rings. The molecule has 1 aromatic carbocycles. The fourth-order valence-corrected chi connectivity index (χ4v) is 2.75. The van der Waals surface area contributed by atoms with E-state index in [1.165, 1.54) is 0 Å². The summed E-state index contributed by atoms with van der Waals surface area (Å²) < 4.78 is 10.7. The van der Waals surface area contributed by atoms with Gasteiger partial charge in [-0.15, -0.1) is 0 Å². The summed E-state index contributed by atoms with van der Waals surface area (Å²) in [6, 6.07) is 4.37. The lowest BCUT2D eigenvalue weighted by atomic mass is 9.93. The van der Waals surface area contributed by atoms with E-state index in [-0.39, 0.29) is 6.04 Å². The van der Waals surface area contributed by atoms with Crippen molar-refractivity contribution in [2.75, 3.05) is 14.2 Å². The van der Waals surface area contributed by atoms with Crippen LogP contribution in [0.4, 0.5) is 0 Å². The number of carboxylic acid groups (broad SMARTS) is 1. The van der Waals surface area contributed by atoms with E-state index >= 15 is 0 Å². The standard InChI is InChI=1S/C15H17N3O4/c1-21-8-3-4-12(22-2)9(5-8)13-14-10(16-7-17-14)6-11(18-13)15(19)20/h3-5,7,11,13,18H,6H2,1-2H3,(H,16,17)(H,19,20). The monoisotopic (exact) mass is 303 g/mol. The van der Waals surface area contributed by atoms with Crippen LogP contribution in [0.25, 0.3) is 0 Å². The van der Waals surface area contributed by atoms with Crippen LogP contribution in [0.3, 0.4) is 0 Å². The molecule has 0 aliphatic carbocycles. The fourth-order valence-electron chi connectivity index (χ4n) is 2.75. The highest BCUT2D eigenvalue weighted by Crippen LogP contribution is 2.36. The third kappa shape index (κ3) is 2.39. The second-order valence-corrected chi connectivity index (χ2v) is 5.07. The molecule has 7 nitrogen and oxygen atoms in total. The number of imidazole rings is 1. The molecule has 3 N–H and O–H groups in total. The van der Waals surface area contributed by atoms with E-state index in [0.717, 1.165) is 17.0 Å². The number of carboxylic acids is 1. The number of nitrogens with one attached hydrogen (secondary N) is 2. The van der Waals surface area contributed by atoms with Gasteiger partial charge in [-0.2, -0.15) is 0 Å². The Morgan fingerprint density at radius 2 is 2.18 bits per heavy atom. The summed E-state index contributed by atoms with van der Waals surface area (Å²) in [6.45, 7) is 0. The van der Waals surface area contributed by atoms with Gasteiger partial charge in [0.05, 0.1) is 32.3 Å². The van der Waals surface area contributed by atoms with Crippen LogP contribution in [0.15, 0.2) is 24.5 Å². The van der Waals surface area contributed by atoms with Crippen LogP contribution in [-0.4, -0.2) is 41.3 Å². The van der Waals surface area contributed by atoms with Crippen LogP contribution in [0, 0.1) is 0 Å². The number of benzene rings is 1. The van der Waals surface area contributed by atoms with Gasteiger partial charge < -0.3 is 19.6 Å². The Morgan fingerprint density at radius 3 is 2.86 bits per heavy atom. The number of H-pyrrole nitrogens is 1. The van der Waals surface area contributed by atoms with Crippen molar-refractivity contribution in [2.45, 2.75) is 18.5 Å². The van der Waals surface area contributed by atoms with Crippen LogP contribution < -0.4 is 14.8 Å². The number of hydrogen-bond donors (Lipinski definition) is 3. The van der Waals surface area contributed by atoms with Gasteiger partial charge in [-0.25, -0.2) is 4.98 Å². The Bertz CT molecular complexity index is 698. The average molecular weight is 303 g/mol. The zero-order chi connectivity index (χ0) is 15.7. The lowest BCUT2D eigenvalue weighted by molar-refractivity contribution is -0.139. The molecule has 2 heterocycles. The molecule has 116 valence electrons. The summed E-state index contributed by atoms with van der Waals surface area (Å²) in [5, 5.41) is 12.5. The van der Waals surface area contributed by atoms with E-state index in [1.54, 1.807) is 32.7 Å². The normalized spacial score (nSPS) is 20.3. The number of aromatic nitrogens is 2. The molecule has 1 aliphatic heterocycles. The summed E-state index contributed by atoms with van der Waals surface area (Å²) in [7, 11) is 3.16. The fraction of sp³-hybridized carbons (Fsp3) is 0.333. The molecule has 22 heavy (non-hydrogen) atoms. The van der Waals surface area contributed by atoms with Crippen molar-refractivity contribution < 1.29 is 19.4 Å². The molecule has 0 bridgehead atoms. The molecule has 2 aromatic rings. The summed E-state index contributed by atoms with van der Waals surface area (Å²) in [6.07, 6.45) is 1.95. The predicted octanol–water partition coefficient (Wildman–Crippen LogP) is 1.12. The lowest BCUT2D eigenvalue weighted by Gasteiger charge is -2.29. The Morgan fingerprint density at radius 1 is 1.36 bits per heavy atom. The molecule has 0 fully saturated rings. The topological polar surface area (TPSA) is 96.5 Å².